The molecule has 0 bridgehead atoms. The zero-order valence-electron chi connectivity index (χ0n) is 16.9. The highest BCUT2D eigenvalue weighted by Crippen LogP contribution is 2.42. The van der Waals surface area contributed by atoms with Crippen LogP contribution in [0.5, 0.6) is 0 Å². The van der Waals surface area contributed by atoms with E-state index in [-0.39, 0.29) is 11.8 Å². The molecule has 0 amide bonds. The molecule has 2 atom stereocenters. The molecule has 0 spiro atoms. The summed E-state index contributed by atoms with van der Waals surface area (Å²) in [5.74, 6) is 1.37. The van der Waals surface area contributed by atoms with Gasteiger partial charge in [-0.15, -0.1) is 0 Å². The number of hydrogen-bond donors (Lipinski definition) is 0. The maximum Gasteiger partial charge on any atom is 0.161 e. The molecule has 2 aliphatic rings. The molecule has 0 radical (unpaired) electrons. The van der Waals surface area contributed by atoms with Crippen LogP contribution in [0.4, 0.5) is 5.82 Å². The van der Waals surface area contributed by atoms with Crippen molar-refractivity contribution in [1.29, 1.82) is 0 Å². The van der Waals surface area contributed by atoms with Gasteiger partial charge in [0.2, 0.25) is 0 Å². The lowest BCUT2D eigenvalue weighted by molar-refractivity contribution is 0.0985. The minimum absolute atomic E-state index is 0.134. The van der Waals surface area contributed by atoms with Crippen molar-refractivity contribution in [2.45, 2.75) is 44.4 Å². The van der Waals surface area contributed by atoms with Crippen LogP contribution in [-0.4, -0.2) is 54.9 Å². The minimum Gasteiger partial charge on any atom is -0.377 e. The van der Waals surface area contributed by atoms with Gasteiger partial charge in [-0.3, -0.25) is 0 Å². The average Bonchev–Trinajstić information content (AvgIpc) is 2.94. The van der Waals surface area contributed by atoms with Crippen molar-refractivity contribution in [2.75, 3.05) is 30.4 Å². The van der Waals surface area contributed by atoms with E-state index in [1.54, 1.807) is 13.0 Å². The fourth-order valence-electron chi connectivity index (χ4n) is 4.07. The normalized spacial score (nSPS) is 26.6. The number of aryl methyl sites for hydroxylation is 1. The van der Waals surface area contributed by atoms with Crippen LogP contribution in [0, 0.1) is 6.92 Å². The van der Waals surface area contributed by atoms with Gasteiger partial charge in [-0.05, 0) is 45.7 Å². The Labute approximate surface area is 176 Å². The number of nitrogens with zero attached hydrogens (tertiary/aromatic N) is 4. The Bertz CT molecular complexity index is 1030. The fraction of sp³-hybridized carbons (Fsp3) is 0.550. The van der Waals surface area contributed by atoms with Gasteiger partial charge in [-0.25, -0.2) is 23.4 Å². The number of sulfone groups is 1. The first-order valence-electron chi connectivity index (χ1n) is 9.80. The van der Waals surface area contributed by atoms with Gasteiger partial charge in [0.1, 0.15) is 15.7 Å². The van der Waals surface area contributed by atoms with Gasteiger partial charge >= 0.3 is 0 Å². The van der Waals surface area contributed by atoms with E-state index in [9.17, 15) is 8.42 Å². The van der Waals surface area contributed by atoms with E-state index in [4.69, 9.17) is 26.3 Å². The maximum atomic E-state index is 12.9. The predicted octanol–water partition coefficient (Wildman–Crippen LogP) is 3.15. The molecule has 2 aliphatic heterocycles. The lowest BCUT2D eigenvalue weighted by atomic mass is 10.0. The second-order valence-electron chi connectivity index (χ2n) is 8.03. The van der Waals surface area contributed by atoms with Crippen molar-refractivity contribution in [3.63, 3.8) is 0 Å². The quantitative estimate of drug-likeness (QED) is 0.683. The van der Waals surface area contributed by atoms with Gasteiger partial charge in [0.25, 0.3) is 0 Å². The minimum atomic E-state index is -3.29. The van der Waals surface area contributed by atoms with Gasteiger partial charge in [-0.2, -0.15) is 0 Å². The lowest BCUT2D eigenvalue weighted by Gasteiger charge is -2.35. The smallest absolute Gasteiger partial charge is 0.161 e. The summed E-state index contributed by atoms with van der Waals surface area (Å²) < 4.78 is 30.3. The summed E-state index contributed by atoms with van der Waals surface area (Å²) >= 11 is 6.16. The summed E-state index contributed by atoms with van der Waals surface area (Å²) in [5.41, 5.74) is 2.02. The first-order valence-corrected chi connectivity index (χ1v) is 11.8. The zero-order valence-corrected chi connectivity index (χ0v) is 18.4. The van der Waals surface area contributed by atoms with Crippen molar-refractivity contribution < 1.29 is 13.2 Å². The summed E-state index contributed by atoms with van der Waals surface area (Å²) in [4.78, 5) is 15.9. The summed E-state index contributed by atoms with van der Waals surface area (Å²) in [6.07, 6.45) is 1.20. The van der Waals surface area contributed by atoms with E-state index in [1.807, 2.05) is 19.1 Å². The van der Waals surface area contributed by atoms with Gasteiger partial charge in [0.05, 0.1) is 30.7 Å². The highest BCUT2D eigenvalue weighted by molar-refractivity contribution is 7.92. The van der Waals surface area contributed by atoms with Crippen LogP contribution in [0.15, 0.2) is 18.2 Å². The third-order valence-corrected chi connectivity index (χ3v) is 8.66. The van der Waals surface area contributed by atoms with Gasteiger partial charge in [0.15, 0.2) is 15.7 Å². The predicted molar refractivity (Wildman–Crippen MR) is 113 cm³/mol. The van der Waals surface area contributed by atoms with Crippen LogP contribution in [-0.2, 0) is 19.3 Å². The maximum absolute atomic E-state index is 12.9. The van der Waals surface area contributed by atoms with E-state index in [1.165, 1.54) is 0 Å². The monoisotopic (exact) mass is 436 g/mol. The molecule has 9 heteroatoms. The number of rotatable bonds is 3. The third kappa shape index (κ3) is 3.73. The number of pyridine rings is 1. The van der Waals surface area contributed by atoms with Crippen molar-refractivity contribution in [1.82, 2.24) is 15.0 Å². The Hall–Kier alpha value is -1.77. The van der Waals surface area contributed by atoms with E-state index in [0.717, 1.165) is 17.1 Å². The molecular formula is C20H25ClN4O3S. The molecule has 7 nitrogen and oxygen atoms in total. The average molecular weight is 437 g/mol. The molecule has 0 saturated carbocycles. The zero-order chi connectivity index (χ0) is 20.8. The summed E-state index contributed by atoms with van der Waals surface area (Å²) in [5, 5.41) is 0.356. The SMILES string of the molecule is Cc1cc(-c2nc(N3CCOC[C@H]3C)cc([C@]3(C)CCCS3(=O)=O)n2)cc(Cl)n1. The lowest BCUT2D eigenvalue weighted by Crippen LogP contribution is -2.44. The highest BCUT2D eigenvalue weighted by atomic mass is 35.5. The van der Waals surface area contributed by atoms with E-state index in [0.29, 0.717) is 49.3 Å². The Balaban J connectivity index is 1.90. The van der Waals surface area contributed by atoms with Crippen LogP contribution < -0.4 is 4.90 Å². The van der Waals surface area contributed by atoms with Crippen LogP contribution in [0.2, 0.25) is 5.15 Å². The van der Waals surface area contributed by atoms with Gasteiger partial charge in [-0.1, -0.05) is 11.6 Å². The Morgan fingerprint density at radius 2 is 2.03 bits per heavy atom. The number of halogens is 1. The third-order valence-electron chi connectivity index (χ3n) is 5.85. The Morgan fingerprint density at radius 1 is 1.24 bits per heavy atom. The number of hydrogen-bond acceptors (Lipinski definition) is 7. The molecule has 156 valence electrons. The summed E-state index contributed by atoms with van der Waals surface area (Å²) in [6, 6.07) is 5.55. The number of morpholine rings is 1. The summed E-state index contributed by atoms with van der Waals surface area (Å²) in [7, 11) is -3.29. The molecule has 0 unspecified atom stereocenters. The van der Waals surface area contributed by atoms with Crippen molar-refractivity contribution in [2.24, 2.45) is 0 Å². The highest BCUT2D eigenvalue weighted by Gasteiger charge is 2.46. The van der Waals surface area contributed by atoms with Crippen LogP contribution in [0.25, 0.3) is 11.4 Å². The molecular weight excluding hydrogens is 412 g/mol. The molecule has 0 aliphatic carbocycles. The standard InChI is InChI=1S/C20H25ClN4O3S/c1-13-9-15(10-17(21)22-13)19-23-16(20(3)5-4-8-29(20,26)27)11-18(24-19)25-6-7-28-12-14(25)2/h9-11,14H,4-8,12H2,1-3H3/t14-,20+/m1/s1. The first-order chi connectivity index (χ1) is 13.7. The molecule has 4 rings (SSSR count). The molecule has 29 heavy (non-hydrogen) atoms. The number of anilines is 1. The fourth-order valence-corrected chi connectivity index (χ4v) is 6.18. The van der Waals surface area contributed by atoms with Crippen molar-refractivity contribution >= 4 is 27.3 Å². The Kier molecular flexibility index (Phi) is 5.29. The van der Waals surface area contributed by atoms with E-state index in [2.05, 4.69) is 16.8 Å². The molecule has 2 aromatic rings. The van der Waals surface area contributed by atoms with Crippen molar-refractivity contribution in [3.05, 3.63) is 34.7 Å². The molecule has 2 fully saturated rings. The van der Waals surface area contributed by atoms with Crippen LogP contribution in [0.1, 0.15) is 38.1 Å². The molecule has 2 saturated heterocycles. The summed E-state index contributed by atoms with van der Waals surface area (Å²) in [6.45, 7) is 7.60. The number of ether oxygens (including phenoxy) is 1. The topological polar surface area (TPSA) is 85.3 Å². The van der Waals surface area contributed by atoms with Gasteiger partial charge < -0.3 is 9.64 Å². The second kappa shape index (κ2) is 7.49. The molecule has 2 aromatic heterocycles. The molecule has 0 N–H and O–H groups in total. The first kappa shape index (κ1) is 20.5. The van der Waals surface area contributed by atoms with E-state index >= 15 is 0 Å². The van der Waals surface area contributed by atoms with E-state index < -0.39 is 14.6 Å². The molecule has 0 aromatic carbocycles. The Morgan fingerprint density at radius 3 is 2.69 bits per heavy atom. The second-order valence-corrected chi connectivity index (χ2v) is 11.0. The molecule has 4 heterocycles. The largest absolute Gasteiger partial charge is 0.377 e. The number of aromatic nitrogens is 3. The van der Waals surface area contributed by atoms with Gasteiger partial charge in [0, 0.05) is 23.9 Å². The van der Waals surface area contributed by atoms with Crippen LogP contribution in [0.3, 0.4) is 0 Å². The van der Waals surface area contributed by atoms with Crippen molar-refractivity contribution in [3.8, 4) is 11.4 Å². The van der Waals surface area contributed by atoms with Crippen LogP contribution >= 0.6 is 11.6 Å².